The van der Waals surface area contributed by atoms with E-state index in [1.54, 1.807) is 38.1 Å². The number of hydrogen-bond acceptors (Lipinski definition) is 7. The number of ether oxygens (including phenoxy) is 4. The Morgan fingerprint density at radius 3 is 2.61 bits per heavy atom. The number of carbonyl (C=O) groups excluding carboxylic acids is 1. The molecule has 9 heteroatoms. The molecule has 0 aliphatic carbocycles. The fourth-order valence-electron chi connectivity index (χ4n) is 3.47. The molecular weight excluding hydrogens is 495 g/mol. The molecule has 0 aromatic heterocycles. The van der Waals surface area contributed by atoms with Gasteiger partial charge in [0.05, 0.1) is 29.7 Å². The zero-order valence-corrected chi connectivity index (χ0v) is 19.9. The van der Waals surface area contributed by atoms with Crippen molar-refractivity contribution in [3.05, 3.63) is 80.6 Å². The second kappa shape index (κ2) is 10.4. The van der Waals surface area contributed by atoms with E-state index in [1.165, 1.54) is 19.2 Å². The molecule has 0 amide bonds. The summed E-state index contributed by atoms with van der Waals surface area (Å²) in [5, 5.41) is 9.75. The molecule has 1 heterocycles. The van der Waals surface area contributed by atoms with Gasteiger partial charge in [-0.15, -0.1) is 0 Å². The summed E-state index contributed by atoms with van der Waals surface area (Å²) in [6, 6.07) is 11.4. The lowest BCUT2D eigenvalue weighted by molar-refractivity contribution is -0.139. The van der Waals surface area contributed by atoms with Gasteiger partial charge in [0, 0.05) is 0 Å². The van der Waals surface area contributed by atoms with Gasteiger partial charge in [-0.05, 0) is 65.2 Å². The van der Waals surface area contributed by atoms with Crippen molar-refractivity contribution < 1.29 is 28.1 Å². The average molecular weight is 517 g/mol. The van der Waals surface area contributed by atoms with Gasteiger partial charge in [-0.2, -0.15) is 5.26 Å². The molecule has 1 aliphatic heterocycles. The van der Waals surface area contributed by atoms with Crippen LogP contribution in [-0.2, 0) is 20.9 Å². The van der Waals surface area contributed by atoms with Crippen molar-refractivity contribution in [2.24, 2.45) is 5.73 Å². The maximum Gasteiger partial charge on any atom is 0.338 e. The molecule has 0 saturated heterocycles. The van der Waals surface area contributed by atoms with E-state index in [0.29, 0.717) is 21.5 Å². The largest absolute Gasteiger partial charge is 0.493 e. The summed E-state index contributed by atoms with van der Waals surface area (Å²) in [4.78, 5) is 12.7. The minimum atomic E-state index is -0.820. The van der Waals surface area contributed by atoms with Crippen molar-refractivity contribution in [3.63, 3.8) is 0 Å². The van der Waals surface area contributed by atoms with Crippen LogP contribution in [0.15, 0.2) is 63.7 Å². The molecule has 33 heavy (non-hydrogen) atoms. The smallest absolute Gasteiger partial charge is 0.338 e. The highest BCUT2D eigenvalue weighted by molar-refractivity contribution is 9.10. The highest BCUT2D eigenvalue weighted by Crippen LogP contribution is 2.45. The van der Waals surface area contributed by atoms with Crippen LogP contribution < -0.4 is 15.2 Å². The van der Waals surface area contributed by atoms with Gasteiger partial charge >= 0.3 is 5.97 Å². The van der Waals surface area contributed by atoms with Crippen molar-refractivity contribution in [2.75, 3.05) is 13.7 Å². The van der Waals surface area contributed by atoms with Crippen molar-refractivity contribution in [2.45, 2.75) is 26.4 Å². The molecule has 0 fully saturated rings. The van der Waals surface area contributed by atoms with Gasteiger partial charge in [0.25, 0.3) is 0 Å². The molecule has 1 unspecified atom stereocenters. The van der Waals surface area contributed by atoms with Gasteiger partial charge in [-0.3, -0.25) is 0 Å². The first-order chi connectivity index (χ1) is 15.8. The van der Waals surface area contributed by atoms with Crippen LogP contribution in [0.2, 0.25) is 0 Å². The van der Waals surface area contributed by atoms with Crippen molar-refractivity contribution in [3.8, 4) is 17.6 Å². The topological polar surface area (TPSA) is 104 Å². The van der Waals surface area contributed by atoms with Crippen LogP contribution in [0.1, 0.15) is 30.9 Å². The fraction of sp³-hybridized carbons (Fsp3) is 0.250. The van der Waals surface area contributed by atoms with Gasteiger partial charge < -0.3 is 24.7 Å². The van der Waals surface area contributed by atoms with E-state index < -0.39 is 11.9 Å². The number of esters is 1. The highest BCUT2D eigenvalue weighted by atomic mass is 79.9. The Balaban J connectivity index is 2.03. The Bertz CT molecular complexity index is 1170. The average Bonchev–Trinajstić information content (AvgIpc) is 2.78. The Hall–Kier alpha value is -3.51. The van der Waals surface area contributed by atoms with E-state index >= 15 is 0 Å². The molecule has 0 spiro atoms. The predicted molar refractivity (Wildman–Crippen MR) is 121 cm³/mol. The van der Waals surface area contributed by atoms with Crippen molar-refractivity contribution >= 4 is 21.9 Å². The van der Waals surface area contributed by atoms with Crippen molar-refractivity contribution in [1.82, 2.24) is 0 Å². The standard InChI is InChI=1S/C24H22BrFN2O5/c1-4-31-24(29)20-13(2)33-23(28)17(11-27)21(20)15-9-18(25)22(19(10-15)30-3)32-12-14-5-7-16(26)8-6-14/h5-10,21H,4,12,28H2,1-3H3. The van der Waals surface area contributed by atoms with Crippen LogP contribution in [0, 0.1) is 17.1 Å². The van der Waals surface area contributed by atoms with E-state index in [9.17, 15) is 14.4 Å². The number of halogens is 2. The molecule has 2 aromatic rings. The van der Waals surface area contributed by atoms with Crippen LogP contribution in [0.3, 0.4) is 0 Å². The Morgan fingerprint density at radius 2 is 2.00 bits per heavy atom. The summed E-state index contributed by atoms with van der Waals surface area (Å²) < 4.78 is 35.8. The Labute approximate surface area is 199 Å². The van der Waals surface area contributed by atoms with Gasteiger partial charge in [0.1, 0.15) is 29.8 Å². The third-order valence-electron chi connectivity index (χ3n) is 4.98. The molecule has 0 radical (unpaired) electrons. The lowest BCUT2D eigenvalue weighted by Gasteiger charge is -2.27. The number of carbonyl (C=O) groups is 1. The van der Waals surface area contributed by atoms with Gasteiger partial charge in [-0.1, -0.05) is 12.1 Å². The summed E-state index contributed by atoms with van der Waals surface area (Å²) in [6.45, 7) is 3.61. The zero-order valence-electron chi connectivity index (χ0n) is 18.3. The number of hydrogen-bond donors (Lipinski definition) is 1. The lowest BCUT2D eigenvalue weighted by atomic mass is 9.83. The summed E-state index contributed by atoms with van der Waals surface area (Å²) in [5.74, 6) is -0.816. The first-order valence-corrected chi connectivity index (χ1v) is 10.8. The number of nitrogens with zero attached hydrogens (tertiary/aromatic N) is 1. The van der Waals surface area contributed by atoms with E-state index in [-0.39, 0.29) is 41.8 Å². The zero-order chi connectivity index (χ0) is 24.1. The van der Waals surface area contributed by atoms with Crippen LogP contribution in [0.5, 0.6) is 11.5 Å². The molecule has 2 N–H and O–H groups in total. The molecule has 0 bridgehead atoms. The second-order valence-corrected chi connectivity index (χ2v) is 7.92. The normalized spacial score (nSPS) is 15.6. The molecule has 2 aromatic carbocycles. The van der Waals surface area contributed by atoms with Gasteiger partial charge in [0.2, 0.25) is 5.88 Å². The number of benzene rings is 2. The number of rotatable bonds is 7. The second-order valence-electron chi connectivity index (χ2n) is 7.06. The van der Waals surface area contributed by atoms with E-state index in [1.807, 2.05) is 6.07 Å². The SMILES string of the molecule is CCOC(=O)C1=C(C)OC(N)=C(C#N)C1c1cc(Br)c(OCc2ccc(F)cc2)c(OC)c1. The monoisotopic (exact) mass is 516 g/mol. The maximum absolute atomic E-state index is 13.2. The van der Waals surface area contributed by atoms with Gasteiger partial charge in [-0.25, -0.2) is 9.18 Å². The first kappa shape index (κ1) is 24.1. The van der Waals surface area contributed by atoms with E-state index in [2.05, 4.69) is 15.9 Å². The minimum absolute atomic E-state index is 0.0811. The molecule has 7 nitrogen and oxygen atoms in total. The molecule has 1 aliphatic rings. The number of methoxy groups -OCH3 is 1. The van der Waals surface area contributed by atoms with Crippen LogP contribution in [0.4, 0.5) is 4.39 Å². The number of nitriles is 1. The number of allylic oxidation sites excluding steroid dienone is 2. The quantitative estimate of drug-likeness (QED) is 0.526. The first-order valence-electron chi connectivity index (χ1n) is 10.0. The molecule has 0 saturated carbocycles. The Kier molecular flexibility index (Phi) is 7.61. The molecule has 1 atom stereocenters. The molecule has 3 rings (SSSR count). The van der Waals surface area contributed by atoms with E-state index in [0.717, 1.165) is 5.56 Å². The lowest BCUT2D eigenvalue weighted by Crippen LogP contribution is -2.25. The number of nitrogens with two attached hydrogens (primary N) is 1. The summed E-state index contributed by atoms with van der Waals surface area (Å²) in [6.07, 6.45) is 0. The predicted octanol–water partition coefficient (Wildman–Crippen LogP) is 4.82. The highest BCUT2D eigenvalue weighted by Gasteiger charge is 2.37. The summed E-state index contributed by atoms with van der Waals surface area (Å²) in [5.41, 5.74) is 7.54. The van der Waals surface area contributed by atoms with E-state index in [4.69, 9.17) is 24.7 Å². The summed E-state index contributed by atoms with van der Waals surface area (Å²) in [7, 11) is 1.48. The van der Waals surface area contributed by atoms with Crippen LogP contribution >= 0.6 is 15.9 Å². The third kappa shape index (κ3) is 5.12. The Morgan fingerprint density at radius 1 is 1.30 bits per heavy atom. The van der Waals surface area contributed by atoms with Crippen LogP contribution in [-0.4, -0.2) is 19.7 Å². The minimum Gasteiger partial charge on any atom is -0.493 e. The molecule has 172 valence electrons. The van der Waals surface area contributed by atoms with Crippen LogP contribution in [0.25, 0.3) is 0 Å². The van der Waals surface area contributed by atoms with Gasteiger partial charge in [0.15, 0.2) is 11.5 Å². The maximum atomic E-state index is 13.2. The fourth-order valence-corrected chi connectivity index (χ4v) is 4.04. The van der Waals surface area contributed by atoms with Crippen molar-refractivity contribution in [1.29, 1.82) is 5.26 Å². The summed E-state index contributed by atoms with van der Waals surface area (Å²) >= 11 is 3.49. The molecular formula is C24H22BrFN2O5. The third-order valence-corrected chi connectivity index (χ3v) is 5.57.